The van der Waals surface area contributed by atoms with Gasteiger partial charge in [0, 0.05) is 29.1 Å². The highest BCUT2D eigenvalue weighted by Crippen LogP contribution is 2.39. The minimum atomic E-state index is -0.550. The second-order valence-electron chi connectivity index (χ2n) is 7.30. The SMILES string of the molecule is CC1(C)CCc2cc3c(N)c(C(=O)c4cccc([N+](=O)[O-])c4)oc3cc2O1. The topological polar surface area (TPSA) is 109 Å². The third-order valence-corrected chi connectivity index (χ3v) is 4.82. The molecule has 0 amide bonds. The van der Waals surface area contributed by atoms with E-state index in [-0.39, 0.29) is 28.3 Å². The van der Waals surface area contributed by atoms with Crippen molar-refractivity contribution >= 4 is 28.1 Å². The lowest BCUT2D eigenvalue weighted by atomic mass is 9.93. The van der Waals surface area contributed by atoms with E-state index >= 15 is 0 Å². The van der Waals surface area contributed by atoms with Gasteiger partial charge in [0.1, 0.15) is 16.9 Å². The van der Waals surface area contributed by atoms with Crippen LogP contribution in [0.3, 0.4) is 0 Å². The number of ketones is 1. The van der Waals surface area contributed by atoms with Crippen LogP contribution in [-0.4, -0.2) is 16.3 Å². The number of benzene rings is 2. The van der Waals surface area contributed by atoms with Gasteiger partial charge in [0.15, 0.2) is 5.76 Å². The van der Waals surface area contributed by atoms with Crippen LogP contribution in [0.1, 0.15) is 41.9 Å². The molecule has 138 valence electrons. The molecule has 2 N–H and O–H groups in total. The van der Waals surface area contributed by atoms with Crippen LogP contribution >= 0.6 is 0 Å². The zero-order chi connectivity index (χ0) is 19.3. The van der Waals surface area contributed by atoms with E-state index in [1.54, 1.807) is 6.07 Å². The van der Waals surface area contributed by atoms with Gasteiger partial charge < -0.3 is 14.9 Å². The zero-order valence-electron chi connectivity index (χ0n) is 14.9. The van der Waals surface area contributed by atoms with Gasteiger partial charge in [-0.2, -0.15) is 0 Å². The summed E-state index contributed by atoms with van der Waals surface area (Å²) in [5.41, 5.74) is 7.60. The highest BCUT2D eigenvalue weighted by Gasteiger charge is 2.29. The number of carbonyl (C=O) groups is 1. The number of non-ortho nitro benzene ring substituents is 1. The predicted octanol–water partition coefficient (Wildman–Crippen LogP) is 4.26. The summed E-state index contributed by atoms with van der Waals surface area (Å²) in [4.78, 5) is 23.2. The number of nitrogens with two attached hydrogens (primary N) is 1. The highest BCUT2D eigenvalue weighted by molar-refractivity contribution is 6.14. The Hall–Kier alpha value is -3.35. The van der Waals surface area contributed by atoms with Crippen LogP contribution in [0.2, 0.25) is 0 Å². The number of nitrogens with zero attached hydrogens (tertiary/aromatic N) is 1. The maximum Gasteiger partial charge on any atom is 0.270 e. The number of ether oxygens (including phenoxy) is 1. The van der Waals surface area contributed by atoms with E-state index in [1.165, 1.54) is 24.3 Å². The summed E-state index contributed by atoms with van der Waals surface area (Å²) in [6.07, 6.45) is 1.72. The molecule has 0 radical (unpaired) electrons. The van der Waals surface area contributed by atoms with Crippen LogP contribution in [0.25, 0.3) is 11.0 Å². The Balaban J connectivity index is 1.79. The lowest BCUT2D eigenvalue weighted by molar-refractivity contribution is -0.384. The average molecular weight is 366 g/mol. The molecule has 0 fully saturated rings. The molecular weight excluding hydrogens is 348 g/mol. The standard InChI is InChI=1S/C20H18N2O5/c1-20(2)7-6-11-9-14-16(10-15(11)27-20)26-19(17(14)21)18(23)12-4-3-5-13(8-12)22(24)25/h3-5,8-10H,6-7,21H2,1-2H3. The van der Waals surface area contributed by atoms with E-state index in [4.69, 9.17) is 14.9 Å². The molecule has 7 heteroatoms. The van der Waals surface area contributed by atoms with E-state index in [1.807, 2.05) is 19.9 Å². The third-order valence-electron chi connectivity index (χ3n) is 4.82. The summed E-state index contributed by atoms with van der Waals surface area (Å²) < 4.78 is 11.7. The minimum Gasteiger partial charge on any atom is -0.487 e. The largest absolute Gasteiger partial charge is 0.487 e. The number of furan rings is 1. The van der Waals surface area contributed by atoms with Gasteiger partial charge in [-0.05, 0) is 38.3 Å². The Kier molecular flexibility index (Phi) is 3.69. The molecule has 0 bridgehead atoms. The Labute approximate surface area is 154 Å². The molecular formula is C20H18N2O5. The van der Waals surface area contributed by atoms with Gasteiger partial charge in [-0.3, -0.25) is 14.9 Å². The summed E-state index contributed by atoms with van der Waals surface area (Å²) in [7, 11) is 0. The Bertz CT molecular complexity index is 1100. The molecule has 4 rings (SSSR count). The Morgan fingerprint density at radius 2 is 2.04 bits per heavy atom. The summed E-state index contributed by atoms with van der Waals surface area (Å²) >= 11 is 0. The molecule has 0 unspecified atom stereocenters. The van der Waals surface area contributed by atoms with Crippen molar-refractivity contribution in [2.24, 2.45) is 0 Å². The summed E-state index contributed by atoms with van der Waals surface area (Å²) in [6.45, 7) is 4.04. The van der Waals surface area contributed by atoms with Gasteiger partial charge in [0.2, 0.25) is 5.78 Å². The van der Waals surface area contributed by atoms with Gasteiger partial charge in [-0.1, -0.05) is 12.1 Å². The maximum absolute atomic E-state index is 12.8. The second kappa shape index (κ2) is 5.84. The van der Waals surface area contributed by atoms with Gasteiger partial charge in [0.25, 0.3) is 5.69 Å². The van der Waals surface area contributed by atoms with E-state index in [9.17, 15) is 14.9 Å². The van der Waals surface area contributed by atoms with Crippen LogP contribution in [-0.2, 0) is 6.42 Å². The first-order chi connectivity index (χ1) is 12.7. The molecule has 0 spiro atoms. The molecule has 27 heavy (non-hydrogen) atoms. The van der Waals surface area contributed by atoms with Crippen molar-refractivity contribution in [3.63, 3.8) is 0 Å². The normalized spacial score (nSPS) is 15.2. The first-order valence-electron chi connectivity index (χ1n) is 8.58. The van der Waals surface area contributed by atoms with E-state index in [2.05, 4.69) is 0 Å². The minimum absolute atomic E-state index is 0.0212. The fourth-order valence-corrected chi connectivity index (χ4v) is 3.32. The van der Waals surface area contributed by atoms with E-state index < -0.39 is 10.7 Å². The van der Waals surface area contributed by atoms with Crippen molar-refractivity contribution in [2.45, 2.75) is 32.3 Å². The second-order valence-corrected chi connectivity index (χ2v) is 7.30. The molecule has 1 aliphatic heterocycles. The number of hydrogen-bond donors (Lipinski definition) is 1. The lowest BCUT2D eigenvalue weighted by Gasteiger charge is -2.32. The first-order valence-corrected chi connectivity index (χ1v) is 8.58. The highest BCUT2D eigenvalue weighted by atomic mass is 16.6. The van der Waals surface area contributed by atoms with Crippen molar-refractivity contribution in [3.05, 3.63) is 63.4 Å². The number of fused-ring (bicyclic) bond motifs is 2. The number of carbonyl (C=O) groups excluding carboxylic acids is 1. The van der Waals surface area contributed by atoms with Crippen LogP contribution in [0.5, 0.6) is 5.75 Å². The fraction of sp³-hybridized carbons (Fsp3) is 0.250. The molecule has 0 saturated carbocycles. The number of rotatable bonds is 3. The number of nitrogen functional groups attached to an aromatic ring is 1. The first kappa shape index (κ1) is 17.1. The van der Waals surface area contributed by atoms with Crippen LogP contribution in [0, 0.1) is 10.1 Å². The molecule has 1 aliphatic rings. The number of aryl methyl sites for hydroxylation is 1. The number of hydrogen-bond acceptors (Lipinski definition) is 6. The summed E-state index contributed by atoms with van der Waals surface area (Å²) in [6, 6.07) is 9.14. The van der Waals surface area contributed by atoms with Gasteiger partial charge in [-0.15, -0.1) is 0 Å². The van der Waals surface area contributed by atoms with E-state index in [0.29, 0.717) is 11.0 Å². The molecule has 0 saturated heterocycles. The monoisotopic (exact) mass is 366 g/mol. The molecule has 7 nitrogen and oxygen atoms in total. The van der Waals surface area contributed by atoms with Crippen molar-refractivity contribution < 1.29 is 18.9 Å². The Morgan fingerprint density at radius 1 is 1.26 bits per heavy atom. The van der Waals surface area contributed by atoms with Crippen molar-refractivity contribution in [2.75, 3.05) is 5.73 Å². The quantitative estimate of drug-likeness (QED) is 0.421. The van der Waals surface area contributed by atoms with Gasteiger partial charge in [-0.25, -0.2) is 0 Å². The van der Waals surface area contributed by atoms with Crippen molar-refractivity contribution in [1.29, 1.82) is 0 Å². The molecule has 1 aromatic heterocycles. The van der Waals surface area contributed by atoms with Gasteiger partial charge >= 0.3 is 0 Å². The number of nitro benzene ring substituents is 1. The third kappa shape index (κ3) is 2.91. The molecule has 0 atom stereocenters. The van der Waals surface area contributed by atoms with Crippen LogP contribution in [0.15, 0.2) is 40.8 Å². The van der Waals surface area contributed by atoms with Crippen molar-refractivity contribution in [3.8, 4) is 5.75 Å². The smallest absolute Gasteiger partial charge is 0.270 e. The van der Waals surface area contributed by atoms with Gasteiger partial charge in [0.05, 0.1) is 10.6 Å². The van der Waals surface area contributed by atoms with Crippen LogP contribution in [0.4, 0.5) is 11.4 Å². The molecule has 0 aliphatic carbocycles. The average Bonchev–Trinajstić information content (AvgIpc) is 2.94. The predicted molar refractivity (Wildman–Crippen MR) is 100 cm³/mol. The summed E-state index contributed by atoms with van der Waals surface area (Å²) in [5, 5.41) is 11.6. The fourth-order valence-electron chi connectivity index (χ4n) is 3.32. The number of anilines is 1. The molecule has 3 aromatic rings. The van der Waals surface area contributed by atoms with Crippen LogP contribution < -0.4 is 10.5 Å². The zero-order valence-corrected chi connectivity index (χ0v) is 14.9. The number of nitro groups is 1. The molecule has 2 aromatic carbocycles. The molecule has 2 heterocycles. The van der Waals surface area contributed by atoms with E-state index in [0.717, 1.165) is 24.2 Å². The van der Waals surface area contributed by atoms with Crippen molar-refractivity contribution in [1.82, 2.24) is 0 Å². The lowest BCUT2D eigenvalue weighted by Crippen LogP contribution is -2.32. The maximum atomic E-state index is 12.8. The summed E-state index contributed by atoms with van der Waals surface area (Å²) in [5.74, 6) is 0.209. The Morgan fingerprint density at radius 3 is 2.78 bits per heavy atom.